The van der Waals surface area contributed by atoms with Gasteiger partial charge in [0.1, 0.15) is 12.1 Å². The zero-order valence-corrected chi connectivity index (χ0v) is 16.6. The Morgan fingerprint density at radius 3 is 2.43 bits per heavy atom. The largest absolute Gasteiger partial charge is 0.480 e. The van der Waals surface area contributed by atoms with Crippen molar-refractivity contribution >= 4 is 17.8 Å². The Hall–Kier alpha value is -3.19. The summed E-state index contributed by atoms with van der Waals surface area (Å²) in [4.78, 5) is 37.3. The van der Waals surface area contributed by atoms with Crippen LogP contribution in [0.5, 0.6) is 0 Å². The molecule has 2 amide bonds. The molecule has 1 fully saturated rings. The summed E-state index contributed by atoms with van der Waals surface area (Å²) in [7, 11) is 0. The topological polar surface area (TPSA) is 108 Å². The number of carbonyl (C=O) groups excluding carboxylic acids is 2. The molecule has 7 nitrogen and oxygen atoms in total. The second-order valence-corrected chi connectivity index (χ2v) is 7.39. The van der Waals surface area contributed by atoms with Crippen molar-refractivity contribution in [2.75, 3.05) is 6.54 Å². The first kappa shape index (κ1) is 21.5. The molecule has 2 aromatic carbocycles. The van der Waals surface area contributed by atoms with Crippen molar-refractivity contribution in [1.29, 1.82) is 0 Å². The molecule has 0 spiro atoms. The Balaban J connectivity index is 1.71. The van der Waals surface area contributed by atoms with Gasteiger partial charge in [-0.05, 0) is 36.6 Å². The monoisotopic (exact) mass is 408 g/mol. The van der Waals surface area contributed by atoms with Crippen molar-refractivity contribution in [1.82, 2.24) is 16.0 Å². The average Bonchev–Trinajstić information content (AvgIpc) is 3.29. The van der Waals surface area contributed by atoms with Crippen LogP contribution in [0.3, 0.4) is 0 Å². The van der Waals surface area contributed by atoms with Gasteiger partial charge in [0.15, 0.2) is 0 Å². The zero-order chi connectivity index (χ0) is 21.3. The lowest BCUT2D eigenvalue weighted by molar-refractivity contribution is -0.142. The molecule has 2 aromatic rings. The minimum Gasteiger partial charge on any atom is -0.480 e. The molecule has 0 saturated carbocycles. The highest BCUT2D eigenvalue weighted by molar-refractivity contribution is 5.92. The lowest BCUT2D eigenvalue weighted by atomic mass is 10.0. The Morgan fingerprint density at radius 1 is 1.03 bits per heavy atom. The van der Waals surface area contributed by atoms with E-state index in [1.165, 1.54) is 0 Å². The molecule has 3 atom stereocenters. The highest BCUT2D eigenvalue weighted by atomic mass is 16.4. The summed E-state index contributed by atoms with van der Waals surface area (Å²) in [5.74, 6) is -1.90. The van der Waals surface area contributed by atoms with Crippen LogP contribution in [0.25, 0.3) is 0 Å². The average molecular weight is 408 g/mol. The smallest absolute Gasteiger partial charge is 0.326 e. The van der Waals surface area contributed by atoms with Crippen LogP contribution < -0.4 is 16.0 Å². The highest BCUT2D eigenvalue weighted by Gasteiger charge is 2.30. The molecular formula is C23H26N3O4. The van der Waals surface area contributed by atoms with Gasteiger partial charge in [0.25, 0.3) is 0 Å². The Kier molecular flexibility index (Phi) is 7.57. The van der Waals surface area contributed by atoms with Crippen molar-refractivity contribution < 1.29 is 19.5 Å². The van der Waals surface area contributed by atoms with Gasteiger partial charge in [-0.15, -0.1) is 0 Å². The molecule has 157 valence electrons. The van der Waals surface area contributed by atoms with Gasteiger partial charge in [-0.1, -0.05) is 54.6 Å². The normalized spacial score (nSPS) is 17.7. The fourth-order valence-electron chi connectivity index (χ4n) is 3.49. The van der Waals surface area contributed by atoms with Gasteiger partial charge in [-0.3, -0.25) is 9.59 Å². The second-order valence-electron chi connectivity index (χ2n) is 7.39. The Morgan fingerprint density at radius 2 is 1.80 bits per heavy atom. The van der Waals surface area contributed by atoms with E-state index in [2.05, 4.69) is 22.0 Å². The molecule has 0 aliphatic carbocycles. The van der Waals surface area contributed by atoms with E-state index in [-0.39, 0.29) is 24.8 Å². The van der Waals surface area contributed by atoms with Crippen LogP contribution >= 0.6 is 0 Å². The molecule has 1 aliphatic heterocycles. The van der Waals surface area contributed by atoms with Crippen molar-refractivity contribution in [3.63, 3.8) is 0 Å². The van der Waals surface area contributed by atoms with Crippen molar-refractivity contribution in [2.45, 2.75) is 43.8 Å². The Bertz CT molecular complexity index is 851. The van der Waals surface area contributed by atoms with Crippen LogP contribution in [0.2, 0.25) is 0 Å². The quantitative estimate of drug-likeness (QED) is 0.497. The molecule has 7 heteroatoms. The number of carbonyl (C=O) groups is 3. The first-order chi connectivity index (χ1) is 14.5. The van der Waals surface area contributed by atoms with E-state index in [9.17, 15) is 19.5 Å². The summed E-state index contributed by atoms with van der Waals surface area (Å²) in [5.41, 5.74) is 1.56. The molecular weight excluding hydrogens is 382 g/mol. The van der Waals surface area contributed by atoms with E-state index in [1.54, 1.807) is 6.07 Å². The van der Waals surface area contributed by atoms with E-state index in [0.717, 1.165) is 24.1 Å². The molecule has 4 N–H and O–H groups in total. The van der Waals surface area contributed by atoms with Crippen LogP contribution in [0.4, 0.5) is 0 Å². The number of hydrogen-bond donors (Lipinski definition) is 4. The van der Waals surface area contributed by atoms with E-state index < -0.39 is 24.0 Å². The van der Waals surface area contributed by atoms with E-state index >= 15 is 0 Å². The van der Waals surface area contributed by atoms with Crippen LogP contribution in [-0.2, 0) is 27.2 Å². The minimum atomic E-state index is -1.12. The SMILES string of the molecule is O=C(O)C(Cc1ccccc1)NC(=O)C(Cc1[c]cccc1)NC(=O)C1CCCN1. The van der Waals surface area contributed by atoms with Crippen LogP contribution in [0.1, 0.15) is 24.0 Å². The molecule has 3 unspecified atom stereocenters. The number of benzene rings is 2. The molecule has 30 heavy (non-hydrogen) atoms. The number of aliphatic carboxylic acids is 1. The molecule has 0 bridgehead atoms. The fourth-order valence-corrected chi connectivity index (χ4v) is 3.49. The fraction of sp³-hybridized carbons (Fsp3) is 0.348. The van der Waals surface area contributed by atoms with Gasteiger partial charge in [0.2, 0.25) is 11.8 Å². The summed E-state index contributed by atoms with van der Waals surface area (Å²) < 4.78 is 0. The highest BCUT2D eigenvalue weighted by Crippen LogP contribution is 2.09. The lowest BCUT2D eigenvalue weighted by Crippen LogP contribution is -2.55. The predicted molar refractivity (Wildman–Crippen MR) is 112 cm³/mol. The molecule has 0 aromatic heterocycles. The van der Waals surface area contributed by atoms with Crippen molar-refractivity contribution in [2.24, 2.45) is 0 Å². The Labute approximate surface area is 175 Å². The second kappa shape index (κ2) is 10.5. The number of carboxylic acid groups (broad SMARTS) is 1. The molecule has 1 radical (unpaired) electrons. The van der Waals surface area contributed by atoms with Gasteiger partial charge in [-0.2, -0.15) is 0 Å². The number of rotatable bonds is 9. The first-order valence-electron chi connectivity index (χ1n) is 10.1. The van der Waals surface area contributed by atoms with Gasteiger partial charge in [0.05, 0.1) is 6.04 Å². The molecule has 1 aliphatic rings. The van der Waals surface area contributed by atoms with Crippen molar-refractivity contribution in [3.05, 3.63) is 71.8 Å². The van der Waals surface area contributed by atoms with E-state index in [4.69, 9.17) is 0 Å². The van der Waals surface area contributed by atoms with Gasteiger partial charge in [-0.25, -0.2) is 4.79 Å². The lowest BCUT2D eigenvalue weighted by Gasteiger charge is -2.23. The van der Waals surface area contributed by atoms with Crippen molar-refractivity contribution in [3.8, 4) is 0 Å². The van der Waals surface area contributed by atoms with Gasteiger partial charge in [0, 0.05) is 12.8 Å². The molecule has 3 rings (SSSR count). The number of nitrogens with one attached hydrogen (secondary N) is 3. The minimum absolute atomic E-state index is 0.157. The molecule has 1 heterocycles. The number of carboxylic acids is 1. The van der Waals surface area contributed by atoms with Crippen LogP contribution in [0.15, 0.2) is 54.6 Å². The van der Waals surface area contributed by atoms with Gasteiger partial charge < -0.3 is 21.1 Å². The third-order valence-corrected chi connectivity index (χ3v) is 5.10. The maximum absolute atomic E-state index is 13.0. The maximum Gasteiger partial charge on any atom is 0.326 e. The van der Waals surface area contributed by atoms with E-state index in [0.29, 0.717) is 6.42 Å². The maximum atomic E-state index is 13.0. The van der Waals surface area contributed by atoms with Gasteiger partial charge >= 0.3 is 5.97 Å². The van der Waals surface area contributed by atoms with Crippen LogP contribution in [0, 0.1) is 6.07 Å². The third-order valence-electron chi connectivity index (χ3n) is 5.10. The summed E-state index contributed by atoms with van der Waals surface area (Å²) in [6.07, 6.45) is 2.00. The van der Waals surface area contributed by atoms with Crippen LogP contribution in [-0.4, -0.2) is 47.6 Å². The standard InChI is InChI=1S/C23H26N3O4/c27-21(18-12-7-13-24-18)25-19(14-16-8-3-1-4-9-16)22(28)26-20(23(29)30)15-17-10-5-2-6-11-17/h1-6,8,10-11,18-20,24H,7,12-15H2,(H,25,27)(H,26,28)(H,29,30). The molecule has 1 saturated heterocycles. The first-order valence-corrected chi connectivity index (χ1v) is 10.1. The third kappa shape index (κ3) is 6.15. The summed E-state index contributed by atoms with van der Waals surface area (Å²) in [6, 6.07) is 17.0. The zero-order valence-electron chi connectivity index (χ0n) is 16.6. The summed E-state index contributed by atoms with van der Waals surface area (Å²) in [5, 5.41) is 18.1. The predicted octanol–water partition coefficient (Wildman–Crippen LogP) is 1.08. The van der Waals surface area contributed by atoms with E-state index in [1.807, 2.05) is 48.5 Å². The number of hydrogen-bond acceptors (Lipinski definition) is 4. The number of amides is 2. The summed E-state index contributed by atoms with van der Waals surface area (Å²) in [6.45, 7) is 0.763. The summed E-state index contributed by atoms with van der Waals surface area (Å²) >= 11 is 0.